The summed E-state index contributed by atoms with van der Waals surface area (Å²) in [5.41, 5.74) is 20.0. The Kier molecular flexibility index (Phi) is 11.2. The molecule has 11 aromatic rings. The molecular formula is C67H48N4O. The van der Waals surface area contributed by atoms with Gasteiger partial charge in [-0.05, 0) is 118 Å². The molecule has 5 nitrogen and oxygen atoms in total. The molecule has 0 radical (unpaired) electrons. The van der Waals surface area contributed by atoms with Crippen LogP contribution in [-0.2, 0) is 6.42 Å². The highest BCUT2D eigenvalue weighted by Crippen LogP contribution is 2.46. The summed E-state index contributed by atoms with van der Waals surface area (Å²) < 4.78 is 6.62. The molecule has 0 spiro atoms. The summed E-state index contributed by atoms with van der Waals surface area (Å²) in [6.07, 6.45) is 8.55. The molecule has 1 atom stereocenters. The van der Waals surface area contributed by atoms with Gasteiger partial charge in [0.05, 0.1) is 5.71 Å². The quantitative estimate of drug-likeness (QED) is 0.152. The third-order valence-electron chi connectivity index (χ3n) is 14.3. The zero-order valence-corrected chi connectivity index (χ0v) is 39.6. The lowest BCUT2D eigenvalue weighted by atomic mass is 9.85. The van der Waals surface area contributed by atoms with Crippen LogP contribution in [-0.4, -0.2) is 20.7 Å². The molecule has 0 amide bonds. The van der Waals surface area contributed by atoms with Crippen LogP contribution in [0.4, 0.5) is 0 Å². The first kappa shape index (κ1) is 43.0. The summed E-state index contributed by atoms with van der Waals surface area (Å²) >= 11 is 0. The molecule has 13 rings (SSSR count). The van der Waals surface area contributed by atoms with Crippen LogP contribution >= 0.6 is 0 Å². The third-order valence-corrected chi connectivity index (χ3v) is 14.3. The average molecular weight is 925 g/mol. The lowest BCUT2D eigenvalue weighted by Crippen LogP contribution is -2.08. The maximum absolute atomic E-state index is 6.62. The summed E-state index contributed by atoms with van der Waals surface area (Å²) in [6.45, 7) is 0. The van der Waals surface area contributed by atoms with Crippen molar-refractivity contribution in [3.63, 3.8) is 0 Å². The smallest absolute Gasteiger partial charge is 0.164 e. The van der Waals surface area contributed by atoms with Gasteiger partial charge in [-0.25, -0.2) is 15.0 Å². The third kappa shape index (κ3) is 8.25. The van der Waals surface area contributed by atoms with Gasteiger partial charge in [0.25, 0.3) is 0 Å². The van der Waals surface area contributed by atoms with Crippen molar-refractivity contribution in [1.29, 1.82) is 0 Å². The second-order valence-electron chi connectivity index (χ2n) is 18.7. The normalized spacial score (nSPS) is 14.6. The van der Waals surface area contributed by atoms with Crippen LogP contribution in [0.15, 0.2) is 252 Å². The number of allylic oxidation sites excluding steroid dienone is 4. The number of aromatic nitrogens is 3. The van der Waals surface area contributed by atoms with E-state index in [9.17, 15) is 0 Å². The Balaban J connectivity index is 0.899. The van der Waals surface area contributed by atoms with Gasteiger partial charge < -0.3 is 4.42 Å². The van der Waals surface area contributed by atoms with Crippen molar-refractivity contribution in [2.24, 2.45) is 4.99 Å². The van der Waals surface area contributed by atoms with E-state index in [4.69, 9.17) is 24.4 Å². The lowest BCUT2D eigenvalue weighted by Gasteiger charge is -2.22. The largest absolute Gasteiger partial charge is 0.456 e. The number of aryl methyl sites for hydroxylation is 1. The molecule has 342 valence electrons. The monoisotopic (exact) mass is 924 g/mol. The second kappa shape index (κ2) is 18.7. The van der Waals surface area contributed by atoms with Crippen molar-refractivity contribution >= 4 is 33.2 Å². The molecule has 0 N–H and O–H groups in total. The SMILES string of the molecule is C1=C(c2ccccc2)CCC=C(C2CCc3ccccc3-c3cc(-c4ccc5oc6cccc(-c7cccc(-c8nc(-c9ccccc9)nc(-c9ccccc9)n8)c7)c6c5c4)ccc32)N=C1c1ccccc1. The van der Waals surface area contributed by atoms with E-state index in [1.54, 1.807) is 0 Å². The first-order valence-electron chi connectivity index (χ1n) is 24.9. The molecule has 5 heteroatoms. The van der Waals surface area contributed by atoms with E-state index in [0.717, 1.165) is 104 Å². The Hall–Kier alpha value is -9.06. The van der Waals surface area contributed by atoms with Crippen LogP contribution < -0.4 is 0 Å². The molecule has 2 aliphatic rings. The van der Waals surface area contributed by atoms with Gasteiger partial charge in [-0.1, -0.05) is 200 Å². The van der Waals surface area contributed by atoms with E-state index in [1.165, 1.54) is 33.4 Å². The van der Waals surface area contributed by atoms with Gasteiger partial charge in [-0.2, -0.15) is 0 Å². The summed E-state index contributed by atoms with van der Waals surface area (Å²) in [5.74, 6) is 2.01. The lowest BCUT2D eigenvalue weighted by molar-refractivity contribution is 0.669. The number of rotatable bonds is 8. The molecule has 2 aromatic heterocycles. The van der Waals surface area contributed by atoms with Crippen LogP contribution in [0.2, 0.25) is 0 Å². The number of hydrogen-bond donors (Lipinski definition) is 0. The van der Waals surface area contributed by atoms with E-state index in [-0.39, 0.29) is 5.92 Å². The maximum atomic E-state index is 6.62. The summed E-state index contributed by atoms with van der Waals surface area (Å²) in [5, 5.41) is 2.14. The Labute approximate surface area is 419 Å². The molecule has 1 aliphatic heterocycles. The number of aliphatic imine (C=N–C) groups is 1. The molecule has 3 heterocycles. The Morgan fingerprint density at radius 3 is 1.72 bits per heavy atom. The minimum Gasteiger partial charge on any atom is -0.456 e. The van der Waals surface area contributed by atoms with E-state index < -0.39 is 0 Å². The number of fused-ring (bicyclic) bond motifs is 6. The molecule has 0 bridgehead atoms. The molecule has 0 saturated carbocycles. The summed E-state index contributed by atoms with van der Waals surface area (Å²) in [4.78, 5) is 20.6. The van der Waals surface area contributed by atoms with Crippen molar-refractivity contribution in [2.75, 3.05) is 0 Å². The van der Waals surface area contributed by atoms with E-state index in [1.807, 2.05) is 60.7 Å². The minimum atomic E-state index is 0.123. The zero-order valence-electron chi connectivity index (χ0n) is 39.6. The number of furan rings is 1. The highest BCUT2D eigenvalue weighted by atomic mass is 16.3. The summed E-state index contributed by atoms with van der Waals surface area (Å²) in [7, 11) is 0. The van der Waals surface area contributed by atoms with Crippen LogP contribution in [0.25, 0.3) is 95.1 Å². The predicted molar refractivity (Wildman–Crippen MR) is 295 cm³/mol. The van der Waals surface area contributed by atoms with E-state index in [2.05, 4.69) is 176 Å². The standard InChI is InChI=1S/C67H48N4O/c1-5-18-44(19-6-1)49-27-16-32-60(68-61(43-49)46-21-7-2-8-22-46)57-38-34-45-20-13-14-30-54(45)58-41-50(35-37-56(57)58)51-36-39-62-59(42-51)64-55(31-17-33-63(64)72-62)52-28-15-29-53(40-52)67-70-65(47-23-9-3-10-24-47)69-66(71-67)48-25-11-4-12-26-48/h1-15,17-26,28-33,35-37,39-43,57H,16,27,34,38H2. The van der Waals surface area contributed by atoms with Crippen molar-refractivity contribution < 1.29 is 4.42 Å². The van der Waals surface area contributed by atoms with Crippen LogP contribution in [0.1, 0.15) is 47.4 Å². The first-order valence-corrected chi connectivity index (χ1v) is 24.9. The number of hydrogen-bond acceptors (Lipinski definition) is 5. The van der Waals surface area contributed by atoms with Gasteiger partial charge in [0.1, 0.15) is 11.2 Å². The molecule has 72 heavy (non-hydrogen) atoms. The van der Waals surface area contributed by atoms with Crippen molar-refractivity contribution in [2.45, 2.75) is 31.6 Å². The fraction of sp³-hybridized carbons (Fsp3) is 0.0746. The average Bonchev–Trinajstić information content (AvgIpc) is 3.74. The number of nitrogens with zero attached hydrogens (tertiary/aromatic N) is 4. The topological polar surface area (TPSA) is 64.2 Å². The minimum absolute atomic E-state index is 0.123. The van der Waals surface area contributed by atoms with Crippen molar-refractivity contribution in [3.05, 3.63) is 265 Å². The molecule has 1 unspecified atom stereocenters. The van der Waals surface area contributed by atoms with E-state index >= 15 is 0 Å². The first-order chi connectivity index (χ1) is 35.7. The maximum Gasteiger partial charge on any atom is 0.164 e. The summed E-state index contributed by atoms with van der Waals surface area (Å²) in [6, 6.07) is 79.2. The Morgan fingerprint density at radius 1 is 0.403 bits per heavy atom. The highest BCUT2D eigenvalue weighted by Gasteiger charge is 2.27. The fourth-order valence-electron chi connectivity index (χ4n) is 10.7. The molecule has 9 aromatic carbocycles. The van der Waals surface area contributed by atoms with Crippen molar-refractivity contribution in [3.8, 4) is 67.5 Å². The van der Waals surface area contributed by atoms with Gasteiger partial charge in [-0.15, -0.1) is 0 Å². The van der Waals surface area contributed by atoms with Crippen LogP contribution in [0.3, 0.4) is 0 Å². The van der Waals surface area contributed by atoms with Crippen LogP contribution in [0.5, 0.6) is 0 Å². The number of benzene rings is 9. The van der Waals surface area contributed by atoms with Gasteiger partial charge in [0.2, 0.25) is 0 Å². The molecule has 0 saturated heterocycles. The highest BCUT2D eigenvalue weighted by molar-refractivity contribution is 6.14. The molecule has 1 aliphatic carbocycles. The van der Waals surface area contributed by atoms with Gasteiger partial charge in [0.15, 0.2) is 17.5 Å². The Bertz CT molecular complexity index is 3850. The molecule has 0 fully saturated rings. The van der Waals surface area contributed by atoms with Crippen molar-refractivity contribution in [1.82, 2.24) is 15.0 Å². The fourth-order valence-corrected chi connectivity index (χ4v) is 10.7. The second-order valence-corrected chi connectivity index (χ2v) is 18.7. The Morgan fingerprint density at radius 2 is 0.986 bits per heavy atom. The van der Waals surface area contributed by atoms with E-state index in [0.29, 0.717) is 17.5 Å². The van der Waals surface area contributed by atoms with Gasteiger partial charge in [-0.3, -0.25) is 4.99 Å². The molecular weight excluding hydrogens is 877 g/mol. The van der Waals surface area contributed by atoms with Gasteiger partial charge in [0, 0.05) is 44.6 Å². The predicted octanol–water partition coefficient (Wildman–Crippen LogP) is 17.1. The van der Waals surface area contributed by atoms with Gasteiger partial charge >= 0.3 is 0 Å². The van der Waals surface area contributed by atoms with Crippen LogP contribution in [0, 0.1) is 0 Å². The zero-order chi connectivity index (χ0) is 47.8.